The second-order valence-electron chi connectivity index (χ2n) is 4.39. The molecule has 0 aliphatic carbocycles. The Morgan fingerprint density at radius 2 is 2.30 bits per heavy atom. The van der Waals surface area contributed by atoms with Crippen molar-refractivity contribution >= 4 is 17.0 Å². The normalized spacial score (nSPS) is 11.1. The average Bonchev–Trinajstić information content (AvgIpc) is 2.94. The van der Waals surface area contributed by atoms with Crippen LogP contribution in [0.3, 0.4) is 0 Å². The molecule has 7 heteroatoms. The molecule has 0 fully saturated rings. The molecular weight excluding hydrogens is 262 g/mol. The number of hydrogen-bond acceptors (Lipinski definition) is 4. The van der Waals surface area contributed by atoms with E-state index in [1.54, 1.807) is 25.3 Å². The Balaban J connectivity index is 2.16. The lowest BCUT2D eigenvalue weighted by atomic mass is 10.2. The van der Waals surface area contributed by atoms with Crippen LogP contribution >= 0.6 is 0 Å². The number of para-hydroxylation sites is 1. The topological polar surface area (TPSA) is 101 Å². The van der Waals surface area contributed by atoms with E-state index in [1.165, 1.54) is 10.6 Å². The van der Waals surface area contributed by atoms with Gasteiger partial charge >= 0.3 is 11.7 Å². The van der Waals surface area contributed by atoms with Gasteiger partial charge in [-0.1, -0.05) is 6.07 Å². The number of benzene rings is 1. The van der Waals surface area contributed by atoms with Crippen molar-refractivity contribution in [3.8, 4) is 0 Å². The number of fused-ring (bicyclic) bond motifs is 1. The molecule has 0 spiro atoms. The van der Waals surface area contributed by atoms with Gasteiger partial charge in [0.1, 0.15) is 12.3 Å². The maximum Gasteiger partial charge on any atom is 0.337 e. The second-order valence-corrected chi connectivity index (χ2v) is 4.39. The molecule has 7 nitrogen and oxygen atoms in total. The van der Waals surface area contributed by atoms with E-state index >= 15 is 0 Å². The molecule has 2 N–H and O–H groups in total. The number of aromatic carboxylic acids is 1. The Morgan fingerprint density at radius 1 is 1.50 bits per heavy atom. The smallest absolute Gasteiger partial charge is 0.337 e. The van der Waals surface area contributed by atoms with Crippen molar-refractivity contribution in [2.75, 3.05) is 0 Å². The number of aryl methyl sites for hydroxylation is 1. The van der Waals surface area contributed by atoms with Crippen molar-refractivity contribution in [1.29, 1.82) is 0 Å². The largest absolute Gasteiger partial charge is 0.478 e. The Kier molecular flexibility index (Phi) is 2.67. The lowest BCUT2D eigenvalue weighted by Gasteiger charge is -2.00. The summed E-state index contributed by atoms with van der Waals surface area (Å²) in [5.74, 6) is -0.0405. The van der Waals surface area contributed by atoms with E-state index in [1.807, 2.05) is 0 Å². The molecule has 0 amide bonds. The molecule has 102 valence electrons. The van der Waals surface area contributed by atoms with Gasteiger partial charge in [-0.3, -0.25) is 4.57 Å². The van der Waals surface area contributed by atoms with Gasteiger partial charge in [-0.05, 0) is 19.1 Å². The molecule has 20 heavy (non-hydrogen) atoms. The third-order valence-corrected chi connectivity index (χ3v) is 3.00. The van der Waals surface area contributed by atoms with Crippen molar-refractivity contribution in [3.63, 3.8) is 0 Å². The van der Waals surface area contributed by atoms with Crippen molar-refractivity contribution in [3.05, 3.63) is 52.1 Å². The van der Waals surface area contributed by atoms with Crippen LogP contribution in [0.25, 0.3) is 11.0 Å². The molecule has 3 rings (SSSR count). The quantitative estimate of drug-likeness (QED) is 0.750. The molecule has 0 unspecified atom stereocenters. The van der Waals surface area contributed by atoms with E-state index in [4.69, 9.17) is 9.52 Å². The van der Waals surface area contributed by atoms with Crippen molar-refractivity contribution in [2.24, 2.45) is 0 Å². The minimum atomic E-state index is -1.09. The SMILES string of the molecule is Cc1cnc(Cn2c(=O)[nH]c3c(C(=O)O)cccc32)o1. The number of carboxylic acid groups (broad SMARTS) is 1. The molecule has 0 aliphatic rings. The van der Waals surface area contributed by atoms with Crippen LogP contribution in [-0.2, 0) is 6.54 Å². The lowest BCUT2D eigenvalue weighted by molar-refractivity contribution is 0.0699. The summed E-state index contributed by atoms with van der Waals surface area (Å²) in [6, 6.07) is 4.71. The maximum atomic E-state index is 12.0. The molecule has 3 aromatic rings. The van der Waals surface area contributed by atoms with Gasteiger partial charge in [-0.15, -0.1) is 0 Å². The van der Waals surface area contributed by atoms with E-state index < -0.39 is 11.7 Å². The summed E-state index contributed by atoms with van der Waals surface area (Å²) in [4.78, 5) is 29.7. The van der Waals surface area contributed by atoms with Crippen LogP contribution in [0.2, 0.25) is 0 Å². The minimum absolute atomic E-state index is 0.0573. The number of nitrogens with one attached hydrogen (secondary N) is 1. The fraction of sp³-hybridized carbons (Fsp3) is 0.154. The summed E-state index contributed by atoms with van der Waals surface area (Å²) in [7, 11) is 0. The standard InChI is InChI=1S/C13H11N3O4/c1-7-5-14-10(20-7)6-16-9-4-2-3-8(12(17)18)11(9)15-13(16)19/h2-5H,6H2,1H3,(H,15,19)(H,17,18). The lowest BCUT2D eigenvalue weighted by Crippen LogP contribution is -2.17. The van der Waals surface area contributed by atoms with Crippen LogP contribution in [0.1, 0.15) is 22.0 Å². The first kappa shape index (κ1) is 12.2. The predicted octanol–water partition coefficient (Wildman–Crippen LogP) is 1.37. The van der Waals surface area contributed by atoms with Crippen LogP contribution in [0.4, 0.5) is 0 Å². The number of carboxylic acids is 1. The van der Waals surface area contributed by atoms with Crippen LogP contribution in [0.15, 0.2) is 33.6 Å². The number of H-pyrrole nitrogens is 1. The number of hydrogen-bond donors (Lipinski definition) is 2. The zero-order valence-electron chi connectivity index (χ0n) is 10.6. The van der Waals surface area contributed by atoms with Gasteiger partial charge in [0, 0.05) is 0 Å². The molecule has 0 bridgehead atoms. The molecule has 2 aromatic heterocycles. The third-order valence-electron chi connectivity index (χ3n) is 3.00. The first-order chi connectivity index (χ1) is 9.56. The third kappa shape index (κ3) is 1.89. The van der Waals surface area contributed by atoms with Gasteiger partial charge in [0.2, 0.25) is 5.89 Å². The van der Waals surface area contributed by atoms with Gasteiger partial charge in [0.05, 0.1) is 22.8 Å². The van der Waals surface area contributed by atoms with Gasteiger partial charge in [0.25, 0.3) is 0 Å². The molecule has 0 saturated heterocycles. The van der Waals surface area contributed by atoms with Crippen LogP contribution in [0, 0.1) is 6.92 Å². The Hall–Kier alpha value is -2.83. The van der Waals surface area contributed by atoms with Crippen molar-refractivity contribution in [1.82, 2.24) is 14.5 Å². The summed E-state index contributed by atoms with van der Waals surface area (Å²) >= 11 is 0. The van der Waals surface area contributed by atoms with Gasteiger partial charge in [0.15, 0.2) is 0 Å². The molecule has 1 aromatic carbocycles. The van der Waals surface area contributed by atoms with Crippen LogP contribution in [-0.4, -0.2) is 25.6 Å². The highest BCUT2D eigenvalue weighted by molar-refractivity contribution is 6.00. The number of aromatic nitrogens is 3. The number of aromatic amines is 1. The number of nitrogens with zero attached hydrogens (tertiary/aromatic N) is 2. The van der Waals surface area contributed by atoms with Gasteiger partial charge < -0.3 is 14.5 Å². The molecule has 0 aliphatic heterocycles. The zero-order chi connectivity index (χ0) is 14.3. The van der Waals surface area contributed by atoms with E-state index in [-0.39, 0.29) is 12.1 Å². The van der Waals surface area contributed by atoms with E-state index in [0.29, 0.717) is 22.7 Å². The Labute approximate surface area is 112 Å². The highest BCUT2D eigenvalue weighted by atomic mass is 16.4. The fourth-order valence-electron chi connectivity index (χ4n) is 2.13. The maximum absolute atomic E-state index is 12.0. The predicted molar refractivity (Wildman–Crippen MR) is 69.9 cm³/mol. The molecule has 0 saturated carbocycles. The number of oxazole rings is 1. The number of carbonyl (C=O) groups is 1. The summed E-state index contributed by atoms with van der Waals surface area (Å²) in [5.41, 5.74) is 0.463. The number of imidazole rings is 1. The molecule has 0 radical (unpaired) electrons. The highest BCUT2D eigenvalue weighted by Gasteiger charge is 2.15. The van der Waals surface area contributed by atoms with Crippen LogP contribution < -0.4 is 5.69 Å². The monoisotopic (exact) mass is 273 g/mol. The molecule has 2 heterocycles. The van der Waals surface area contributed by atoms with Gasteiger partial charge in [-0.2, -0.15) is 0 Å². The molecule has 0 atom stereocenters. The zero-order valence-corrected chi connectivity index (χ0v) is 10.6. The second kappa shape index (κ2) is 4.37. The molecular formula is C13H11N3O4. The van der Waals surface area contributed by atoms with Crippen molar-refractivity contribution < 1.29 is 14.3 Å². The van der Waals surface area contributed by atoms with Crippen molar-refractivity contribution in [2.45, 2.75) is 13.5 Å². The summed E-state index contributed by atoms with van der Waals surface area (Å²) < 4.78 is 6.73. The van der Waals surface area contributed by atoms with E-state index in [9.17, 15) is 9.59 Å². The average molecular weight is 273 g/mol. The minimum Gasteiger partial charge on any atom is -0.478 e. The highest BCUT2D eigenvalue weighted by Crippen LogP contribution is 2.16. The summed E-state index contributed by atoms with van der Waals surface area (Å²) in [6.07, 6.45) is 1.57. The summed E-state index contributed by atoms with van der Waals surface area (Å²) in [5, 5.41) is 9.11. The van der Waals surface area contributed by atoms with Crippen LogP contribution in [0.5, 0.6) is 0 Å². The van der Waals surface area contributed by atoms with E-state index in [0.717, 1.165) is 0 Å². The number of rotatable bonds is 3. The van der Waals surface area contributed by atoms with Gasteiger partial charge in [-0.25, -0.2) is 14.6 Å². The Morgan fingerprint density at radius 3 is 2.95 bits per heavy atom. The summed E-state index contributed by atoms with van der Waals surface area (Å²) in [6.45, 7) is 1.91. The fourth-order valence-corrected chi connectivity index (χ4v) is 2.13. The Bertz CT molecular complexity index is 856. The first-order valence-corrected chi connectivity index (χ1v) is 5.92. The van der Waals surface area contributed by atoms with E-state index in [2.05, 4.69) is 9.97 Å². The first-order valence-electron chi connectivity index (χ1n) is 5.92.